The van der Waals surface area contributed by atoms with Crippen molar-refractivity contribution in [3.63, 3.8) is 0 Å². The zero-order valence-electron chi connectivity index (χ0n) is 21.9. The van der Waals surface area contributed by atoms with E-state index in [9.17, 15) is 9.18 Å². The Bertz CT molecular complexity index is 1490. The molecule has 0 aliphatic carbocycles. The first kappa shape index (κ1) is 24.8. The van der Waals surface area contributed by atoms with Crippen LogP contribution in [0.15, 0.2) is 42.5 Å². The number of halogens is 1. The number of aromatic amines is 1. The number of pyridine rings is 1. The number of hydrogen-bond donors (Lipinski definition) is 1. The maximum absolute atomic E-state index is 14.5. The number of carbonyl (C=O) groups is 1. The highest BCUT2D eigenvalue weighted by atomic mass is 19.1. The van der Waals surface area contributed by atoms with E-state index in [1.165, 1.54) is 18.9 Å². The van der Waals surface area contributed by atoms with Gasteiger partial charge in [0.2, 0.25) is 0 Å². The minimum Gasteiger partial charge on any atom is -0.494 e. The van der Waals surface area contributed by atoms with Crippen molar-refractivity contribution in [1.29, 1.82) is 0 Å². The Morgan fingerprint density at radius 2 is 1.89 bits per heavy atom. The molecule has 4 aromatic rings. The summed E-state index contributed by atoms with van der Waals surface area (Å²) in [6.45, 7) is 7.61. The summed E-state index contributed by atoms with van der Waals surface area (Å²) in [4.78, 5) is 26.4. The van der Waals surface area contributed by atoms with Crippen molar-refractivity contribution in [3.8, 4) is 17.0 Å². The predicted octanol–water partition coefficient (Wildman–Crippen LogP) is 5.42. The van der Waals surface area contributed by atoms with Gasteiger partial charge < -0.3 is 19.4 Å². The third kappa shape index (κ3) is 4.52. The van der Waals surface area contributed by atoms with Crippen LogP contribution in [0.3, 0.4) is 0 Å². The number of morpholine rings is 1. The number of benzene rings is 2. The van der Waals surface area contributed by atoms with Gasteiger partial charge in [0, 0.05) is 60.8 Å². The quantitative estimate of drug-likeness (QED) is 0.345. The lowest BCUT2D eigenvalue weighted by Gasteiger charge is -2.40. The standard InChI is InChI=1S/C30H33FN4O3/c1-3-27(36)23-18-25(19-4-7-28(37-2)24(31)16-19)32-29-22-6-5-21(17-26(22)33-30(23)29)34-10-8-20(9-11-34)35-12-14-38-15-13-35/h4-7,16-18,20,33H,3,8-15H2,1-2H3. The van der Waals surface area contributed by atoms with E-state index in [4.69, 9.17) is 14.5 Å². The van der Waals surface area contributed by atoms with Crippen molar-refractivity contribution >= 4 is 33.4 Å². The number of fused-ring (bicyclic) bond motifs is 3. The van der Waals surface area contributed by atoms with Crippen LogP contribution >= 0.6 is 0 Å². The number of aromatic nitrogens is 2. The molecule has 7 nitrogen and oxygen atoms in total. The van der Waals surface area contributed by atoms with Gasteiger partial charge in [-0.05, 0) is 55.3 Å². The molecule has 0 saturated carbocycles. The minimum atomic E-state index is -0.462. The summed E-state index contributed by atoms with van der Waals surface area (Å²) in [6, 6.07) is 13.5. The van der Waals surface area contributed by atoms with Gasteiger partial charge in [-0.15, -0.1) is 0 Å². The lowest BCUT2D eigenvalue weighted by atomic mass is 10.0. The van der Waals surface area contributed by atoms with E-state index in [1.54, 1.807) is 18.2 Å². The zero-order chi connectivity index (χ0) is 26.2. The molecule has 2 aliphatic heterocycles. The number of anilines is 1. The van der Waals surface area contributed by atoms with E-state index in [1.807, 2.05) is 6.92 Å². The summed E-state index contributed by atoms with van der Waals surface area (Å²) in [7, 11) is 1.44. The smallest absolute Gasteiger partial charge is 0.165 e. The predicted molar refractivity (Wildman–Crippen MR) is 148 cm³/mol. The lowest BCUT2D eigenvalue weighted by Crippen LogP contribution is -2.49. The van der Waals surface area contributed by atoms with Crippen LogP contribution in [-0.4, -0.2) is 73.2 Å². The SMILES string of the molecule is CCC(=O)c1cc(-c2ccc(OC)c(F)c2)nc2c1[nH]c1cc(N3CCC(N4CCOCC4)CC3)ccc12. The number of hydrogen-bond acceptors (Lipinski definition) is 6. The van der Waals surface area contributed by atoms with E-state index in [2.05, 4.69) is 33.0 Å². The number of methoxy groups -OCH3 is 1. The Hall–Kier alpha value is -3.49. The summed E-state index contributed by atoms with van der Waals surface area (Å²) in [5, 5.41) is 0.952. The summed E-state index contributed by atoms with van der Waals surface area (Å²) < 4.78 is 25.1. The molecule has 38 heavy (non-hydrogen) atoms. The molecule has 198 valence electrons. The van der Waals surface area contributed by atoms with Crippen LogP contribution in [-0.2, 0) is 4.74 Å². The average Bonchev–Trinajstić information content (AvgIpc) is 3.34. The number of ether oxygens (including phenoxy) is 2. The molecule has 2 aromatic carbocycles. The highest BCUT2D eigenvalue weighted by Gasteiger charge is 2.26. The number of Topliss-reactive ketones (excluding diaryl/α,β-unsaturated/α-hetero) is 1. The lowest BCUT2D eigenvalue weighted by molar-refractivity contribution is 0.0115. The normalized spacial score (nSPS) is 17.4. The largest absolute Gasteiger partial charge is 0.494 e. The Morgan fingerprint density at radius 3 is 2.61 bits per heavy atom. The monoisotopic (exact) mass is 516 g/mol. The fourth-order valence-corrected chi connectivity index (χ4v) is 5.86. The van der Waals surface area contributed by atoms with Gasteiger partial charge >= 0.3 is 0 Å². The number of rotatable bonds is 6. The fraction of sp³-hybridized carbons (Fsp3) is 0.400. The van der Waals surface area contributed by atoms with Crippen molar-refractivity contribution in [2.45, 2.75) is 32.2 Å². The molecular formula is C30H33FN4O3. The number of ketones is 1. The Morgan fingerprint density at radius 1 is 1.11 bits per heavy atom. The second-order valence-corrected chi connectivity index (χ2v) is 10.1. The first-order valence-electron chi connectivity index (χ1n) is 13.5. The topological polar surface area (TPSA) is 70.7 Å². The summed E-state index contributed by atoms with van der Waals surface area (Å²) in [5.74, 6) is -0.269. The molecule has 0 bridgehead atoms. The molecule has 0 atom stereocenters. The molecule has 0 radical (unpaired) electrons. The first-order valence-corrected chi connectivity index (χ1v) is 13.5. The van der Waals surface area contributed by atoms with Gasteiger partial charge in [0.05, 0.1) is 42.6 Å². The van der Waals surface area contributed by atoms with E-state index in [0.29, 0.717) is 29.3 Å². The molecule has 0 unspecified atom stereocenters. The summed E-state index contributed by atoms with van der Waals surface area (Å²) in [6.07, 6.45) is 2.65. The summed E-state index contributed by atoms with van der Waals surface area (Å²) in [5.41, 5.74) is 5.31. The van der Waals surface area contributed by atoms with Gasteiger partial charge in [-0.25, -0.2) is 9.37 Å². The maximum atomic E-state index is 14.5. The van der Waals surface area contributed by atoms with Crippen LogP contribution in [0.25, 0.3) is 33.2 Å². The van der Waals surface area contributed by atoms with Crippen LogP contribution in [0, 0.1) is 5.82 Å². The zero-order valence-corrected chi connectivity index (χ0v) is 21.9. The molecule has 8 heteroatoms. The van der Waals surface area contributed by atoms with Crippen LogP contribution in [0.4, 0.5) is 10.1 Å². The Kier molecular flexibility index (Phi) is 6.76. The summed E-state index contributed by atoms with van der Waals surface area (Å²) >= 11 is 0. The minimum absolute atomic E-state index is 0.0181. The van der Waals surface area contributed by atoms with Gasteiger partial charge in [-0.3, -0.25) is 9.69 Å². The Balaban J connectivity index is 1.34. The number of nitrogens with one attached hydrogen (secondary N) is 1. The van der Waals surface area contributed by atoms with Gasteiger partial charge in [0.15, 0.2) is 17.3 Å². The average molecular weight is 517 g/mol. The van der Waals surface area contributed by atoms with Crippen molar-refractivity contribution in [2.24, 2.45) is 0 Å². The van der Waals surface area contributed by atoms with Crippen molar-refractivity contribution in [1.82, 2.24) is 14.9 Å². The van der Waals surface area contributed by atoms with Crippen molar-refractivity contribution < 1.29 is 18.7 Å². The van der Waals surface area contributed by atoms with Crippen molar-refractivity contribution in [2.75, 3.05) is 51.4 Å². The van der Waals surface area contributed by atoms with Crippen LogP contribution < -0.4 is 9.64 Å². The third-order valence-electron chi connectivity index (χ3n) is 8.00. The fourth-order valence-electron chi connectivity index (χ4n) is 5.86. The number of nitrogens with zero attached hydrogens (tertiary/aromatic N) is 3. The van der Waals surface area contributed by atoms with E-state index < -0.39 is 5.82 Å². The third-order valence-corrected chi connectivity index (χ3v) is 8.00. The molecule has 0 amide bonds. The Labute approximate surface area is 221 Å². The highest BCUT2D eigenvalue weighted by Crippen LogP contribution is 2.34. The molecule has 1 N–H and O–H groups in total. The molecule has 6 rings (SSSR count). The van der Waals surface area contributed by atoms with Crippen LogP contribution in [0.2, 0.25) is 0 Å². The van der Waals surface area contributed by atoms with Crippen molar-refractivity contribution in [3.05, 3.63) is 53.8 Å². The number of piperidine rings is 1. The number of H-pyrrole nitrogens is 1. The molecule has 2 aliphatic rings. The van der Waals surface area contributed by atoms with E-state index in [-0.39, 0.29) is 11.5 Å². The molecule has 4 heterocycles. The molecule has 2 fully saturated rings. The van der Waals surface area contributed by atoms with Gasteiger partial charge in [0.1, 0.15) is 0 Å². The molecule has 0 spiro atoms. The van der Waals surface area contributed by atoms with Gasteiger partial charge in [-0.1, -0.05) is 6.92 Å². The molecular weight excluding hydrogens is 483 g/mol. The maximum Gasteiger partial charge on any atom is 0.165 e. The second-order valence-electron chi connectivity index (χ2n) is 10.1. The highest BCUT2D eigenvalue weighted by molar-refractivity contribution is 6.15. The molecule has 2 saturated heterocycles. The van der Waals surface area contributed by atoms with Crippen LogP contribution in [0.5, 0.6) is 5.75 Å². The second kappa shape index (κ2) is 10.3. The first-order chi connectivity index (χ1) is 18.6. The number of carbonyl (C=O) groups excluding carboxylic acids is 1. The van der Waals surface area contributed by atoms with Gasteiger partial charge in [0.25, 0.3) is 0 Å². The van der Waals surface area contributed by atoms with Crippen LogP contribution in [0.1, 0.15) is 36.5 Å². The van der Waals surface area contributed by atoms with E-state index in [0.717, 1.165) is 74.2 Å². The molecule has 2 aromatic heterocycles. The van der Waals surface area contributed by atoms with E-state index >= 15 is 0 Å². The van der Waals surface area contributed by atoms with Gasteiger partial charge in [-0.2, -0.15) is 0 Å².